The molecule has 0 radical (unpaired) electrons. The van der Waals surface area contributed by atoms with Gasteiger partial charge in [0.25, 0.3) is 0 Å². The molecule has 1 amide bonds. The zero-order chi connectivity index (χ0) is 17.1. The van der Waals surface area contributed by atoms with Crippen LogP contribution in [0.1, 0.15) is 36.3 Å². The molecule has 1 aliphatic heterocycles. The van der Waals surface area contributed by atoms with E-state index in [-0.39, 0.29) is 25.0 Å². The second kappa shape index (κ2) is 7.21. The second-order valence-electron chi connectivity index (χ2n) is 6.40. The molecule has 0 saturated carbocycles. The zero-order valence-electron chi connectivity index (χ0n) is 13.9. The quantitative estimate of drug-likeness (QED) is 0.909. The van der Waals surface area contributed by atoms with Crippen LogP contribution in [0.2, 0.25) is 0 Å². The molecule has 130 valence electrons. The molecule has 1 aliphatic carbocycles. The lowest BCUT2D eigenvalue weighted by Gasteiger charge is -2.33. The highest BCUT2D eigenvalue weighted by Crippen LogP contribution is 2.36. The Hall–Kier alpha value is -2.08. The van der Waals surface area contributed by atoms with Crippen LogP contribution in [-0.4, -0.2) is 54.8 Å². The lowest BCUT2D eigenvalue weighted by molar-refractivity contribution is -0.159. The molecule has 0 unspecified atom stereocenters. The van der Waals surface area contributed by atoms with Gasteiger partial charge in [-0.2, -0.15) is 0 Å². The third-order valence-electron chi connectivity index (χ3n) is 4.90. The lowest BCUT2D eigenvalue weighted by atomic mass is 9.80. The van der Waals surface area contributed by atoms with Crippen LogP contribution >= 0.6 is 0 Å². The van der Waals surface area contributed by atoms with Crippen LogP contribution in [0.15, 0.2) is 18.2 Å². The van der Waals surface area contributed by atoms with Crippen molar-refractivity contribution >= 4 is 11.9 Å². The number of aryl methyl sites for hydroxylation is 1. The largest absolute Gasteiger partial charge is 0.497 e. The summed E-state index contributed by atoms with van der Waals surface area (Å²) in [6, 6.07) is 6.06. The van der Waals surface area contributed by atoms with Crippen LogP contribution in [0.25, 0.3) is 0 Å². The monoisotopic (exact) mass is 333 g/mol. The Morgan fingerprint density at radius 2 is 2.25 bits per heavy atom. The molecule has 1 fully saturated rings. The van der Waals surface area contributed by atoms with Gasteiger partial charge in [-0.15, -0.1) is 0 Å². The van der Waals surface area contributed by atoms with E-state index in [1.807, 2.05) is 6.07 Å². The number of morpholine rings is 1. The smallest absolute Gasteiger partial charge is 0.334 e. The van der Waals surface area contributed by atoms with E-state index in [4.69, 9.17) is 14.6 Å². The average Bonchev–Trinajstić information content (AvgIpc) is 2.61. The Bertz CT molecular complexity index is 630. The number of ether oxygens (including phenoxy) is 2. The number of carboxylic acids is 1. The zero-order valence-corrected chi connectivity index (χ0v) is 13.9. The molecular formula is C18H23NO5. The minimum Gasteiger partial charge on any atom is -0.497 e. The maximum atomic E-state index is 12.6. The second-order valence-corrected chi connectivity index (χ2v) is 6.40. The van der Waals surface area contributed by atoms with E-state index in [1.165, 1.54) is 11.1 Å². The summed E-state index contributed by atoms with van der Waals surface area (Å²) >= 11 is 0. The first-order chi connectivity index (χ1) is 11.6. The third-order valence-corrected chi connectivity index (χ3v) is 4.90. The first-order valence-electron chi connectivity index (χ1n) is 8.37. The van der Waals surface area contributed by atoms with Crippen LogP contribution in [0.5, 0.6) is 5.75 Å². The van der Waals surface area contributed by atoms with Gasteiger partial charge in [0.05, 0.1) is 20.3 Å². The molecule has 1 saturated heterocycles. The molecule has 0 spiro atoms. The SMILES string of the molecule is COc1ccc2c(c1)CCC[C@H]2CC(=O)N1CCO[C@H](C(=O)O)C1. The fourth-order valence-corrected chi connectivity index (χ4v) is 3.60. The number of hydrogen-bond donors (Lipinski definition) is 1. The Morgan fingerprint density at radius 3 is 3.00 bits per heavy atom. The Balaban J connectivity index is 1.68. The van der Waals surface area contributed by atoms with E-state index in [0.29, 0.717) is 13.0 Å². The van der Waals surface area contributed by atoms with E-state index >= 15 is 0 Å². The number of benzene rings is 1. The molecule has 6 nitrogen and oxygen atoms in total. The highest BCUT2D eigenvalue weighted by Gasteiger charge is 2.31. The van der Waals surface area contributed by atoms with E-state index in [1.54, 1.807) is 12.0 Å². The fourth-order valence-electron chi connectivity index (χ4n) is 3.60. The van der Waals surface area contributed by atoms with Crippen molar-refractivity contribution in [3.05, 3.63) is 29.3 Å². The standard InChI is InChI=1S/C18H23NO5/c1-23-14-5-6-15-12(9-14)3-2-4-13(15)10-17(20)19-7-8-24-16(11-19)18(21)22/h5-6,9,13,16H,2-4,7-8,10-11H2,1H3,(H,21,22)/t13-,16-/m0/s1. The average molecular weight is 333 g/mol. The molecule has 1 aromatic carbocycles. The van der Waals surface area contributed by atoms with Crippen molar-refractivity contribution in [3.63, 3.8) is 0 Å². The molecule has 0 aromatic heterocycles. The molecule has 0 bridgehead atoms. The Kier molecular flexibility index (Phi) is 5.04. The number of fused-ring (bicyclic) bond motifs is 1. The highest BCUT2D eigenvalue weighted by atomic mass is 16.5. The normalized spacial score (nSPS) is 23.5. The number of nitrogens with zero attached hydrogens (tertiary/aromatic N) is 1. The summed E-state index contributed by atoms with van der Waals surface area (Å²) in [7, 11) is 1.66. The summed E-state index contributed by atoms with van der Waals surface area (Å²) in [5, 5.41) is 9.06. The minimum atomic E-state index is -1.01. The Labute approximate surface area is 141 Å². The van der Waals surface area contributed by atoms with Crippen molar-refractivity contribution in [3.8, 4) is 5.75 Å². The molecule has 2 atom stereocenters. The van der Waals surface area contributed by atoms with Crippen molar-refractivity contribution in [1.82, 2.24) is 4.90 Å². The lowest BCUT2D eigenvalue weighted by Crippen LogP contribution is -2.48. The molecule has 24 heavy (non-hydrogen) atoms. The third kappa shape index (κ3) is 3.53. The maximum absolute atomic E-state index is 12.6. The van der Waals surface area contributed by atoms with Gasteiger partial charge in [-0.3, -0.25) is 4.79 Å². The molecule has 6 heteroatoms. The van der Waals surface area contributed by atoms with E-state index in [0.717, 1.165) is 25.0 Å². The van der Waals surface area contributed by atoms with Crippen LogP contribution < -0.4 is 4.74 Å². The van der Waals surface area contributed by atoms with Gasteiger partial charge in [0.2, 0.25) is 5.91 Å². The summed E-state index contributed by atoms with van der Waals surface area (Å²) < 4.78 is 10.5. The number of carbonyl (C=O) groups is 2. The molecule has 1 N–H and O–H groups in total. The molecule has 1 aromatic rings. The number of aliphatic carboxylic acids is 1. The molecule has 3 rings (SSSR count). The number of methoxy groups -OCH3 is 1. The number of rotatable bonds is 4. The van der Waals surface area contributed by atoms with Gasteiger partial charge in [0.1, 0.15) is 5.75 Å². The van der Waals surface area contributed by atoms with E-state index < -0.39 is 12.1 Å². The van der Waals surface area contributed by atoms with Crippen molar-refractivity contribution in [2.24, 2.45) is 0 Å². The summed E-state index contributed by atoms with van der Waals surface area (Å²) in [5.74, 6) is 0.0392. The van der Waals surface area contributed by atoms with Crippen molar-refractivity contribution in [1.29, 1.82) is 0 Å². The van der Waals surface area contributed by atoms with Crippen molar-refractivity contribution in [2.75, 3.05) is 26.8 Å². The number of carbonyl (C=O) groups excluding carboxylic acids is 1. The first kappa shape index (κ1) is 16.8. The summed E-state index contributed by atoms with van der Waals surface area (Å²) in [4.78, 5) is 25.3. The highest BCUT2D eigenvalue weighted by molar-refractivity contribution is 5.79. The van der Waals surface area contributed by atoms with Crippen molar-refractivity contribution in [2.45, 2.75) is 37.7 Å². The van der Waals surface area contributed by atoms with Gasteiger partial charge in [-0.1, -0.05) is 6.07 Å². The van der Waals surface area contributed by atoms with E-state index in [9.17, 15) is 9.59 Å². The fraction of sp³-hybridized carbons (Fsp3) is 0.556. The van der Waals surface area contributed by atoms with Gasteiger partial charge in [-0.25, -0.2) is 4.79 Å². The predicted octanol–water partition coefficient (Wildman–Crippen LogP) is 1.82. The number of amides is 1. The van der Waals surface area contributed by atoms with E-state index in [2.05, 4.69) is 12.1 Å². The molecule has 2 aliphatic rings. The predicted molar refractivity (Wildman–Crippen MR) is 87.2 cm³/mol. The molecular weight excluding hydrogens is 310 g/mol. The number of hydrogen-bond acceptors (Lipinski definition) is 4. The van der Waals surface area contributed by atoms with Gasteiger partial charge >= 0.3 is 5.97 Å². The van der Waals surface area contributed by atoms with Crippen LogP contribution in [0.3, 0.4) is 0 Å². The summed E-state index contributed by atoms with van der Waals surface area (Å²) in [6.45, 7) is 0.877. The van der Waals surface area contributed by atoms with Gasteiger partial charge < -0.3 is 19.5 Å². The number of carboxylic acid groups (broad SMARTS) is 1. The maximum Gasteiger partial charge on any atom is 0.334 e. The van der Waals surface area contributed by atoms with Crippen molar-refractivity contribution < 1.29 is 24.2 Å². The van der Waals surface area contributed by atoms with Crippen LogP contribution in [0, 0.1) is 0 Å². The Morgan fingerprint density at radius 1 is 1.42 bits per heavy atom. The van der Waals surface area contributed by atoms with Gasteiger partial charge in [0, 0.05) is 13.0 Å². The summed E-state index contributed by atoms with van der Waals surface area (Å²) in [5.41, 5.74) is 2.47. The van der Waals surface area contributed by atoms with Gasteiger partial charge in [0.15, 0.2) is 6.10 Å². The topological polar surface area (TPSA) is 76.1 Å². The molecule has 1 heterocycles. The summed E-state index contributed by atoms with van der Waals surface area (Å²) in [6.07, 6.45) is 2.56. The van der Waals surface area contributed by atoms with Crippen LogP contribution in [0.4, 0.5) is 0 Å². The first-order valence-corrected chi connectivity index (χ1v) is 8.37. The minimum absolute atomic E-state index is 0.0122. The van der Waals surface area contributed by atoms with Crippen LogP contribution in [-0.2, 0) is 20.7 Å². The van der Waals surface area contributed by atoms with Gasteiger partial charge in [-0.05, 0) is 48.4 Å².